The molecule has 0 unspecified atom stereocenters. The van der Waals surface area contributed by atoms with E-state index in [-0.39, 0.29) is 5.91 Å². The number of imidazole rings is 1. The molecule has 0 atom stereocenters. The van der Waals surface area contributed by atoms with Gasteiger partial charge in [-0.1, -0.05) is 0 Å². The SMILES string of the molecule is Cc1cc(Nc2ccc(C(=O)n3ccnc3)cc2)n2ncnc2n1. The summed E-state index contributed by atoms with van der Waals surface area (Å²) in [6.45, 7) is 1.90. The summed E-state index contributed by atoms with van der Waals surface area (Å²) < 4.78 is 3.06. The van der Waals surface area contributed by atoms with E-state index in [4.69, 9.17) is 0 Å². The molecule has 3 aromatic heterocycles. The number of carbonyl (C=O) groups is 1. The number of hydrogen-bond donors (Lipinski definition) is 1. The second kappa shape index (κ2) is 5.58. The average Bonchev–Trinajstić information content (AvgIpc) is 3.26. The first-order valence-electron chi connectivity index (χ1n) is 7.28. The van der Waals surface area contributed by atoms with Crippen LogP contribution in [-0.4, -0.2) is 35.0 Å². The van der Waals surface area contributed by atoms with Gasteiger partial charge in [-0.15, -0.1) is 0 Å². The summed E-state index contributed by atoms with van der Waals surface area (Å²) in [7, 11) is 0. The maximum absolute atomic E-state index is 12.2. The molecule has 4 aromatic rings. The van der Waals surface area contributed by atoms with Gasteiger partial charge in [-0.05, 0) is 31.2 Å². The van der Waals surface area contributed by atoms with Gasteiger partial charge in [-0.25, -0.2) is 9.97 Å². The van der Waals surface area contributed by atoms with Gasteiger partial charge in [0.2, 0.25) is 0 Å². The van der Waals surface area contributed by atoms with Crippen LogP contribution in [0.25, 0.3) is 5.78 Å². The normalized spacial score (nSPS) is 10.9. The van der Waals surface area contributed by atoms with Crippen molar-refractivity contribution in [3.8, 4) is 0 Å². The maximum atomic E-state index is 12.2. The summed E-state index contributed by atoms with van der Waals surface area (Å²) in [5, 5.41) is 7.42. The molecule has 0 radical (unpaired) electrons. The molecule has 0 aliphatic carbocycles. The molecule has 118 valence electrons. The zero-order chi connectivity index (χ0) is 16.5. The van der Waals surface area contributed by atoms with E-state index >= 15 is 0 Å². The van der Waals surface area contributed by atoms with Gasteiger partial charge in [0.05, 0.1) is 0 Å². The predicted molar refractivity (Wildman–Crippen MR) is 87.2 cm³/mol. The van der Waals surface area contributed by atoms with Crippen LogP contribution in [0.1, 0.15) is 16.1 Å². The molecule has 0 aliphatic heterocycles. The topological polar surface area (TPSA) is 90.0 Å². The highest BCUT2D eigenvalue weighted by atomic mass is 16.2. The molecule has 0 amide bonds. The molecule has 0 aliphatic rings. The standard InChI is InChI=1S/C16H13N7O/c1-11-8-14(23-16(20-11)18-9-19-23)21-13-4-2-12(3-5-13)15(24)22-7-6-17-10-22/h2-10,21H,1H3. The lowest BCUT2D eigenvalue weighted by molar-refractivity contribution is 0.0960. The monoisotopic (exact) mass is 319 g/mol. The number of hydrogen-bond acceptors (Lipinski definition) is 6. The van der Waals surface area contributed by atoms with Gasteiger partial charge in [0.25, 0.3) is 11.7 Å². The summed E-state index contributed by atoms with van der Waals surface area (Å²) in [5.41, 5.74) is 2.25. The molecular formula is C16H13N7O. The van der Waals surface area contributed by atoms with Crippen molar-refractivity contribution in [3.63, 3.8) is 0 Å². The maximum Gasteiger partial charge on any atom is 0.263 e. The zero-order valence-electron chi connectivity index (χ0n) is 12.8. The third-order valence-corrected chi connectivity index (χ3v) is 3.52. The van der Waals surface area contributed by atoms with Crippen LogP contribution >= 0.6 is 0 Å². The van der Waals surface area contributed by atoms with Crippen molar-refractivity contribution in [2.75, 3.05) is 5.32 Å². The molecule has 3 heterocycles. The van der Waals surface area contributed by atoms with Crippen LogP contribution in [0.5, 0.6) is 0 Å². The Morgan fingerprint density at radius 3 is 2.79 bits per heavy atom. The molecule has 0 saturated heterocycles. The van der Waals surface area contributed by atoms with Crippen LogP contribution in [0.2, 0.25) is 0 Å². The first kappa shape index (κ1) is 14.1. The first-order valence-corrected chi connectivity index (χ1v) is 7.28. The highest BCUT2D eigenvalue weighted by molar-refractivity contribution is 5.96. The number of aryl methyl sites for hydroxylation is 1. The fourth-order valence-electron chi connectivity index (χ4n) is 2.39. The third kappa shape index (κ3) is 2.50. The number of aromatic nitrogens is 6. The molecule has 0 spiro atoms. The van der Waals surface area contributed by atoms with Crippen molar-refractivity contribution in [3.05, 3.63) is 66.6 Å². The van der Waals surface area contributed by atoms with E-state index in [2.05, 4.69) is 25.4 Å². The molecule has 1 aromatic carbocycles. The minimum absolute atomic E-state index is 0.127. The van der Waals surface area contributed by atoms with Gasteiger partial charge in [-0.3, -0.25) is 9.36 Å². The van der Waals surface area contributed by atoms with Gasteiger partial charge < -0.3 is 5.32 Å². The van der Waals surface area contributed by atoms with E-state index in [0.29, 0.717) is 11.3 Å². The van der Waals surface area contributed by atoms with Gasteiger partial charge in [0, 0.05) is 35.4 Å². The van der Waals surface area contributed by atoms with Gasteiger partial charge in [0.15, 0.2) is 0 Å². The van der Waals surface area contributed by atoms with E-state index in [9.17, 15) is 4.79 Å². The van der Waals surface area contributed by atoms with E-state index in [0.717, 1.165) is 17.2 Å². The predicted octanol–water partition coefficient (Wildman–Crippen LogP) is 2.06. The van der Waals surface area contributed by atoms with Crippen molar-refractivity contribution >= 4 is 23.2 Å². The molecule has 0 bridgehead atoms. The number of anilines is 2. The Balaban J connectivity index is 1.61. The van der Waals surface area contributed by atoms with Crippen molar-refractivity contribution in [1.29, 1.82) is 0 Å². The fourth-order valence-corrected chi connectivity index (χ4v) is 2.39. The summed E-state index contributed by atoms with van der Waals surface area (Å²) >= 11 is 0. The number of nitrogens with one attached hydrogen (secondary N) is 1. The number of fused-ring (bicyclic) bond motifs is 1. The molecule has 1 N–H and O–H groups in total. The Labute approximate surface area is 136 Å². The van der Waals surface area contributed by atoms with Crippen molar-refractivity contribution in [2.45, 2.75) is 6.92 Å². The molecule has 0 saturated carbocycles. The molecule has 4 rings (SSSR count). The first-order chi connectivity index (χ1) is 11.7. The fraction of sp³-hybridized carbons (Fsp3) is 0.0625. The van der Waals surface area contributed by atoms with Crippen molar-refractivity contribution < 1.29 is 4.79 Å². The van der Waals surface area contributed by atoms with E-state index in [1.807, 2.05) is 25.1 Å². The van der Waals surface area contributed by atoms with Crippen LogP contribution in [0.3, 0.4) is 0 Å². The summed E-state index contributed by atoms with van der Waals surface area (Å²) in [6.07, 6.45) is 6.13. The number of nitrogens with zero attached hydrogens (tertiary/aromatic N) is 6. The quantitative estimate of drug-likeness (QED) is 0.621. The number of benzene rings is 1. The molecule has 0 fully saturated rings. The molecule has 8 heteroatoms. The van der Waals surface area contributed by atoms with Gasteiger partial charge in [0.1, 0.15) is 18.5 Å². The Morgan fingerprint density at radius 1 is 1.21 bits per heavy atom. The van der Waals surface area contributed by atoms with Crippen molar-refractivity contribution in [2.24, 2.45) is 0 Å². The van der Waals surface area contributed by atoms with Gasteiger partial charge in [-0.2, -0.15) is 14.6 Å². The summed E-state index contributed by atoms with van der Waals surface area (Å²) in [6, 6.07) is 9.08. The van der Waals surface area contributed by atoms with Crippen molar-refractivity contribution in [1.82, 2.24) is 29.1 Å². The van der Waals surface area contributed by atoms with E-state index in [1.54, 1.807) is 29.0 Å². The second-order valence-corrected chi connectivity index (χ2v) is 5.23. The summed E-state index contributed by atoms with van der Waals surface area (Å²) in [5.74, 6) is 1.16. The largest absolute Gasteiger partial charge is 0.340 e. The van der Waals surface area contributed by atoms with Gasteiger partial charge >= 0.3 is 0 Å². The van der Waals surface area contributed by atoms with Crippen LogP contribution in [-0.2, 0) is 0 Å². The van der Waals surface area contributed by atoms with Crippen LogP contribution in [0, 0.1) is 6.92 Å². The number of carbonyl (C=O) groups excluding carboxylic acids is 1. The van der Waals surface area contributed by atoms with E-state index < -0.39 is 0 Å². The van der Waals surface area contributed by atoms with Crippen LogP contribution in [0.4, 0.5) is 11.5 Å². The smallest absolute Gasteiger partial charge is 0.263 e. The number of rotatable bonds is 3. The second-order valence-electron chi connectivity index (χ2n) is 5.23. The minimum Gasteiger partial charge on any atom is -0.340 e. The Morgan fingerprint density at radius 2 is 2.04 bits per heavy atom. The Hall–Kier alpha value is -3.55. The molecule has 8 nitrogen and oxygen atoms in total. The highest BCUT2D eigenvalue weighted by Gasteiger charge is 2.09. The van der Waals surface area contributed by atoms with E-state index in [1.165, 1.54) is 17.2 Å². The third-order valence-electron chi connectivity index (χ3n) is 3.52. The van der Waals surface area contributed by atoms with Crippen LogP contribution in [0.15, 0.2) is 55.4 Å². The summed E-state index contributed by atoms with van der Waals surface area (Å²) in [4.78, 5) is 24.5. The Bertz CT molecular complexity index is 1000. The average molecular weight is 319 g/mol. The lowest BCUT2D eigenvalue weighted by atomic mass is 10.2. The zero-order valence-corrected chi connectivity index (χ0v) is 12.8. The Kier molecular flexibility index (Phi) is 3.27. The minimum atomic E-state index is -0.127. The lowest BCUT2D eigenvalue weighted by Crippen LogP contribution is -2.09. The molecular weight excluding hydrogens is 306 g/mol. The van der Waals surface area contributed by atoms with Crippen LogP contribution < -0.4 is 5.32 Å². The molecule has 24 heavy (non-hydrogen) atoms. The lowest BCUT2D eigenvalue weighted by Gasteiger charge is -2.09. The highest BCUT2D eigenvalue weighted by Crippen LogP contribution is 2.18.